The molecule has 0 aliphatic heterocycles. The smallest absolute Gasteiger partial charge is 0.0762 e. The van der Waals surface area contributed by atoms with Crippen molar-refractivity contribution in [3.63, 3.8) is 0 Å². The Morgan fingerprint density at radius 1 is 1.05 bits per heavy atom. The van der Waals surface area contributed by atoms with Crippen LogP contribution in [0.15, 0.2) is 46.9 Å². The van der Waals surface area contributed by atoms with Crippen LogP contribution >= 0.6 is 27.5 Å². The zero-order valence-electron chi connectivity index (χ0n) is 12.3. The summed E-state index contributed by atoms with van der Waals surface area (Å²) in [6, 6.07) is 14.1. The van der Waals surface area contributed by atoms with Gasteiger partial charge in [-0.3, -0.25) is 0 Å². The van der Waals surface area contributed by atoms with Crippen LogP contribution in [-0.2, 0) is 0 Å². The summed E-state index contributed by atoms with van der Waals surface area (Å²) in [7, 11) is 2.06. The van der Waals surface area contributed by atoms with Gasteiger partial charge >= 0.3 is 0 Å². The van der Waals surface area contributed by atoms with Crippen molar-refractivity contribution in [1.82, 2.24) is 0 Å². The molecule has 2 atom stereocenters. The van der Waals surface area contributed by atoms with E-state index in [1.807, 2.05) is 42.5 Å². The maximum absolute atomic E-state index is 9.64. The molecule has 2 nitrogen and oxygen atoms in total. The molecule has 0 saturated heterocycles. The van der Waals surface area contributed by atoms with Crippen LogP contribution in [-0.4, -0.2) is 12.2 Å². The number of aliphatic hydroxyl groups excluding tert-OH is 1. The van der Waals surface area contributed by atoms with Crippen LogP contribution in [0.2, 0.25) is 5.02 Å². The normalized spacial score (nSPS) is 13.8. The van der Waals surface area contributed by atoms with Gasteiger partial charge in [0.15, 0.2) is 0 Å². The number of anilines is 1. The number of nitrogens with zero attached hydrogens (tertiary/aromatic N) is 1. The summed E-state index contributed by atoms with van der Waals surface area (Å²) in [6.07, 6.45) is -0.464. The Kier molecular flexibility index (Phi) is 5.31. The van der Waals surface area contributed by atoms with Gasteiger partial charge in [-0.25, -0.2) is 0 Å². The van der Waals surface area contributed by atoms with Crippen LogP contribution in [0.5, 0.6) is 0 Å². The average Bonchev–Trinajstić information content (AvgIpc) is 2.46. The van der Waals surface area contributed by atoms with E-state index in [-0.39, 0.29) is 6.04 Å². The van der Waals surface area contributed by atoms with Crippen molar-refractivity contribution in [3.05, 3.63) is 63.1 Å². The van der Waals surface area contributed by atoms with Gasteiger partial charge in [0, 0.05) is 16.5 Å². The Morgan fingerprint density at radius 3 is 2.14 bits per heavy atom. The highest BCUT2D eigenvalue weighted by Gasteiger charge is 2.15. The second-order valence-corrected chi connectivity index (χ2v) is 6.52. The third-order valence-corrected chi connectivity index (χ3v) is 4.65. The van der Waals surface area contributed by atoms with Crippen molar-refractivity contribution in [2.45, 2.75) is 26.0 Å². The quantitative estimate of drug-likeness (QED) is 0.786. The molecule has 21 heavy (non-hydrogen) atoms. The molecule has 0 saturated carbocycles. The molecule has 0 aromatic heterocycles. The first-order valence-corrected chi connectivity index (χ1v) is 8.03. The van der Waals surface area contributed by atoms with Gasteiger partial charge in [-0.05, 0) is 65.2 Å². The molecule has 2 rings (SSSR count). The monoisotopic (exact) mass is 367 g/mol. The van der Waals surface area contributed by atoms with Gasteiger partial charge in [0.2, 0.25) is 0 Å². The van der Waals surface area contributed by atoms with Crippen molar-refractivity contribution in [2.75, 3.05) is 11.9 Å². The molecule has 2 aromatic rings. The minimum atomic E-state index is -0.464. The van der Waals surface area contributed by atoms with Crippen molar-refractivity contribution in [2.24, 2.45) is 0 Å². The lowest BCUT2D eigenvalue weighted by Gasteiger charge is -2.29. The van der Waals surface area contributed by atoms with Crippen LogP contribution in [0, 0.1) is 0 Å². The fourth-order valence-electron chi connectivity index (χ4n) is 2.24. The average molecular weight is 369 g/mol. The Balaban J connectivity index is 2.26. The predicted molar refractivity (Wildman–Crippen MR) is 93.0 cm³/mol. The van der Waals surface area contributed by atoms with E-state index < -0.39 is 6.10 Å². The summed E-state index contributed by atoms with van der Waals surface area (Å²) in [5.41, 5.74) is 3.19. The molecule has 112 valence electrons. The van der Waals surface area contributed by atoms with E-state index in [0.717, 1.165) is 20.7 Å². The van der Waals surface area contributed by atoms with Gasteiger partial charge in [-0.15, -0.1) is 0 Å². The lowest BCUT2D eigenvalue weighted by atomic mass is 10.1. The van der Waals surface area contributed by atoms with E-state index in [2.05, 4.69) is 34.8 Å². The number of aliphatic hydroxyl groups is 1. The molecule has 0 fully saturated rings. The standard InChI is InChI=1S/C17H19BrClNO/c1-11(13-4-7-15(19)8-5-13)20(3)17-9-6-14(12(2)21)10-16(17)18/h4-12,21H,1-3H3/t11?,12-/m1/s1. The summed E-state index contributed by atoms with van der Waals surface area (Å²) in [6.45, 7) is 3.92. The molecule has 0 spiro atoms. The SMILES string of the molecule is CC(c1ccc(Cl)cc1)N(C)c1ccc([C@@H](C)O)cc1Br. The van der Waals surface area contributed by atoms with E-state index in [4.69, 9.17) is 11.6 Å². The maximum atomic E-state index is 9.64. The number of rotatable bonds is 4. The lowest BCUT2D eigenvalue weighted by molar-refractivity contribution is 0.199. The molecule has 0 amide bonds. The zero-order valence-corrected chi connectivity index (χ0v) is 14.7. The largest absolute Gasteiger partial charge is 0.389 e. The first-order chi connectivity index (χ1) is 9.90. The van der Waals surface area contributed by atoms with Crippen molar-refractivity contribution in [1.29, 1.82) is 0 Å². The fraction of sp³-hybridized carbons (Fsp3) is 0.294. The fourth-order valence-corrected chi connectivity index (χ4v) is 3.04. The topological polar surface area (TPSA) is 23.5 Å². The highest BCUT2D eigenvalue weighted by Crippen LogP contribution is 2.33. The van der Waals surface area contributed by atoms with Crippen LogP contribution in [0.4, 0.5) is 5.69 Å². The number of benzene rings is 2. The van der Waals surface area contributed by atoms with Crippen LogP contribution < -0.4 is 4.90 Å². The van der Waals surface area contributed by atoms with Gasteiger partial charge in [0.25, 0.3) is 0 Å². The number of hydrogen-bond donors (Lipinski definition) is 1. The molecule has 4 heteroatoms. The highest BCUT2D eigenvalue weighted by atomic mass is 79.9. The maximum Gasteiger partial charge on any atom is 0.0762 e. The molecule has 0 heterocycles. The molecular weight excluding hydrogens is 350 g/mol. The highest BCUT2D eigenvalue weighted by molar-refractivity contribution is 9.10. The van der Waals surface area contributed by atoms with Gasteiger partial charge in [-0.1, -0.05) is 29.8 Å². The summed E-state index contributed by atoms with van der Waals surface area (Å²) in [5, 5.41) is 10.4. The summed E-state index contributed by atoms with van der Waals surface area (Å²) in [5.74, 6) is 0. The molecule has 0 aliphatic rings. The Morgan fingerprint density at radius 2 is 1.62 bits per heavy atom. The van der Waals surface area contributed by atoms with Gasteiger partial charge in [0.1, 0.15) is 0 Å². The minimum absolute atomic E-state index is 0.218. The van der Waals surface area contributed by atoms with Crippen LogP contribution in [0.25, 0.3) is 0 Å². The summed E-state index contributed by atoms with van der Waals surface area (Å²) >= 11 is 9.54. The van der Waals surface area contributed by atoms with Gasteiger partial charge in [0.05, 0.1) is 17.8 Å². The molecular formula is C17H19BrClNO. The molecule has 0 aliphatic carbocycles. The molecule has 0 bridgehead atoms. The molecule has 0 radical (unpaired) electrons. The number of hydrogen-bond acceptors (Lipinski definition) is 2. The zero-order chi connectivity index (χ0) is 15.6. The van der Waals surface area contributed by atoms with Crippen molar-refractivity contribution < 1.29 is 5.11 Å². The summed E-state index contributed by atoms with van der Waals surface area (Å²) in [4.78, 5) is 2.19. The minimum Gasteiger partial charge on any atom is -0.389 e. The Bertz CT molecular complexity index is 613. The van der Waals surface area contributed by atoms with Gasteiger partial charge < -0.3 is 10.0 Å². The van der Waals surface area contributed by atoms with E-state index >= 15 is 0 Å². The first-order valence-electron chi connectivity index (χ1n) is 6.86. The summed E-state index contributed by atoms with van der Waals surface area (Å²) < 4.78 is 0.976. The second-order valence-electron chi connectivity index (χ2n) is 5.23. The van der Waals surface area contributed by atoms with Crippen LogP contribution in [0.1, 0.15) is 37.1 Å². The van der Waals surface area contributed by atoms with Gasteiger partial charge in [-0.2, -0.15) is 0 Å². The van der Waals surface area contributed by atoms with E-state index in [1.54, 1.807) is 6.92 Å². The lowest BCUT2D eigenvalue weighted by Crippen LogP contribution is -2.22. The van der Waals surface area contributed by atoms with Crippen molar-refractivity contribution >= 4 is 33.2 Å². The van der Waals surface area contributed by atoms with Crippen LogP contribution in [0.3, 0.4) is 0 Å². The molecule has 1 unspecified atom stereocenters. The van der Waals surface area contributed by atoms with E-state index in [0.29, 0.717) is 0 Å². The van der Waals surface area contributed by atoms with E-state index in [1.165, 1.54) is 5.56 Å². The van der Waals surface area contributed by atoms with Crippen molar-refractivity contribution in [3.8, 4) is 0 Å². The third-order valence-electron chi connectivity index (χ3n) is 3.77. The van der Waals surface area contributed by atoms with E-state index in [9.17, 15) is 5.11 Å². The third kappa shape index (κ3) is 3.79. The predicted octanol–water partition coefficient (Wildman–Crippen LogP) is 5.35. The molecule has 1 N–H and O–H groups in total. The second kappa shape index (κ2) is 6.82. The Hall–Kier alpha value is -1.03. The Labute approximate surface area is 139 Å². The molecule has 2 aromatic carbocycles. The number of halogens is 2. The first kappa shape index (κ1) is 16.3.